The lowest BCUT2D eigenvalue weighted by Gasteiger charge is -2.35. The van der Waals surface area contributed by atoms with Gasteiger partial charge in [-0.1, -0.05) is 19.1 Å². The van der Waals surface area contributed by atoms with Gasteiger partial charge in [-0.3, -0.25) is 38.6 Å². The van der Waals surface area contributed by atoms with Crippen LogP contribution in [-0.2, 0) is 35.2 Å². The molecule has 2 heterocycles. The molecular weight excluding hydrogens is 674 g/mol. The molecule has 0 saturated carbocycles. The van der Waals surface area contributed by atoms with E-state index >= 15 is 0 Å². The van der Waals surface area contributed by atoms with E-state index in [1.54, 1.807) is 41.5 Å². The van der Waals surface area contributed by atoms with Crippen molar-refractivity contribution in [3.05, 3.63) is 29.8 Å². The zero-order chi connectivity index (χ0) is 38.0. The second kappa shape index (κ2) is 21.9. The summed E-state index contributed by atoms with van der Waals surface area (Å²) in [6.07, 6.45) is 2.60. The number of phenols is 1. The van der Waals surface area contributed by atoms with Gasteiger partial charge in [0, 0.05) is 117 Å². The molecule has 290 valence electrons. The number of likely N-dealkylation sites (N-methyl/N-ethyl adjacent to an activating group) is 1. The lowest BCUT2D eigenvalue weighted by molar-refractivity contribution is -0.141. The van der Waals surface area contributed by atoms with Gasteiger partial charge in [-0.15, -0.1) is 0 Å². The molecule has 1 aromatic carbocycles. The lowest BCUT2D eigenvalue weighted by atomic mass is 10.1. The minimum absolute atomic E-state index is 0.0327. The number of piperazine rings is 2. The van der Waals surface area contributed by atoms with Crippen molar-refractivity contribution in [1.29, 1.82) is 0 Å². The monoisotopic (exact) mass is 731 g/mol. The topological polar surface area (TPSA) is 186 Å². The van der Waals surface area contributed by atoms with Crippen LogP contribution >= 0.6 is 0 Å². The molecule has 2 aliphatic heterocycles. The van der Waals surface area contributed by atoms with Gasteiger partial charge >= 0.3 is 11.9 Å². The quantitative estimate of drug-likeness (QED) is 0.153. The van der Waals surface area contributed by atoms with Gasteiger partial charge in [0.1, 0.15) is 5.75 Å². The highest BCUT2D eigenvalue weighted by molar-refractivity contribution is 5.79. The van der Waals surface area contributed by atoms with Gasteiger partial charge < -0.3 is 39.8 Å². The highest BCUT2D eigenvalue weighted by atomic mass is 16.4. The first-order valence-electron chi connectivity index (χ1n) is 18.3. The molecule has 3 N–H and O–H groups in total. The van der Waals surface area contributed by atoms with E-state index in [0.717, 1.165) is 24.9 Å². The normalized spacial score (nSPS) is 15.1. The number of rotatable bonds is 21. The van der Waals surface area contributed by atoms with Crippen LogP contribution in [0.25, 0.3) is 0 Å². The summed E-state index contributed by atoms with van der Waals surface area (Å²) in [5, 5.41) is 28.4. The second-order valence-electron chi connectivity index (χ2n) is 13.6. The largest absolute Gasteiger partial charge is 0.508 e. The number of phenolic OH excluding ortho intramolecular Hbond substituents is 1. The molecule has 0 aromatic heterocycles. The molecule has 0 bridgehead atoms. The van der Waals surface area contributed by atoms with Gasteiger partial charge in [0.05, 0.1) is 13.1 Å². The van der Waals surface area contributed by atoms with Crippen molar-refractivity contribution in [1.82, 2.24) is 34.3 Å². The van der Waals surface area contributed by atoms with Crippen LogP contribution in [0.1, 0.15) is 44.6 Å². The molecule has 2 aliphatic rings. The van der Waals surface area contributed by atoms with Gasteiger partial charge in [-0.05, 0) is 37.6 Å². The number of carbonyl (C=O) groups is 6. The van der Waals surface area contributed by atoms with Gasteiger partial charge in [0.2, 0.25) is 23.6 Å². The van der Waals surface area contributed by atoms with E-state index in [1.165, 1.54) is 0 Å². The number of nitrogens with zero attached hydrogens (tertiary/aromatic N) is 7. The summed E-state index contributed by atoms with van der Waals surface area (Å²) in [7, 11) is 1.96. The number of carbonyl (C=O) groups excluding carboxylic acids is 4. The number of amides is 4. The van der Waals surface area contributed by atoms with E-state index in [0.29, 0.717) is 71.7 Å². The fraction of sp³-hybridized carbons (Fsp3) is 0.667. The van der Waals surface area contributed by atoms with E-state index in [9.17, 15) is 44.1 Å². The summed E-state index contributed by atoms with van der Waals surface area (Å²) in [6, 6.07) is 7.08. The molecular formula is C36H57N7O9. The minimum atomic E-state index is -1.07. The van der Waals surface area contributed by atoms with E-state index in [1.807, 2.05) is 26.1 Å². The Kier molecular flexibility index (Phi) is 17.8. The van der Waals surface area contributed by atoms with Crippen LogP contribution in [0, 0.1) is 0 Å². The number of aliphatic carboxylic acids is 2. The lowest BCUT2D eigenvalue weighted by Crippen LogP contribution is -2.51. The summed E-state index contributed by atoms with van der Waals surface area (Å²) in [5.74, 6) is -2.05. The fourth-order valence-electron chi connectivity index (χ4n) is 6.35. The molecule has 0 unspecified atom stereocenters. The average molecular weight is 732 g/mol. The van der Waals surface area contributed by atoms with Crippen LogP contribution in [0.15, 0.2) is 24.3 Å². The minimum Gasteiger partial charge on any atom is -0.508 e. The Morgan fingerprint density at radius 3 is 1.29 bits per heavy atom. The third-order valence-corrected chi connectivity index (χ3v) is 9.59. The molecule has 52 heavy (non-hydrogen) atoms. The standard InChI is InChI=1S/C36H57N7O9/c1-3-4-31(45)40-19-21-42(22-20-40)33(47)11-15-38(27-35(49)50)17-18-39(28-36(51)52)16-12-34(48)43-25-23-41(24-26-43)32(46)10-14-37(2)13-9-29-5-7-30(44)8-6-29/h5-8,44H,3-4,9-28H2,1-2H3,(H,49,50)(H,51,52). The van der Waals surface area contributed by atoms with E-state index in [2.05, 4.69) is 4.90 Å². The second-order valence-corrected chi connectivity index (χ2v) is 13.6. The fourth-order valence-corrected chi connectivity index (χ4v) is 6.35. The molecule has 16 nitrogen and oxygen atoms in total. The first-order chi connectivity index (χ1) is 24.8. The van der Waals surface area contributed by atoms with Gasteiger partial charge in [-0.2, -0.15) is 0 Å². The van der Waals surface area contributed by atoms with Gasteiger partial charge in [-0.25, -0.2) is 0 Å². The van der Waals surface area contributed by atoms with Crippen LogP contribution in [-0.4, -0.2) is 197 Å². The molecule has 3 rings (SSSR count). The van der Waals surface area contributed by atoms with E-state index in [-0.39, 0.29) is 81.5 Å². The summed E-state index contributed by atoms with van der Waals surface area (Å²) in [4.78, 5) is 86.3. The molecule has 4 amide bonds. The van der Waals surface area contributed by atoms with Crippen molar-refractivity contribution in [2.45, 2.75) is 45.4 Å². The van der Waals surface area contributed by atoms with Gasteiger partial charge in [0.15, 0.2) is 0 Å². The maximum atomic E-state index is 13.1. The van der Waals surface area contributed by atoms with Crippen molar-refractivity contribution in [3.8, 4) is 5.75 Å². The predicted octanol–water partition coefficient (Wildman–Crippen LogP) is -0.0483. The highest BCUT2D eigenvalue weighted by Crippen LogP contribution is 2.12. The van der Waals surface area contributed by atoms with Crippen molar-refractivity contribution in [2.75, 3.05) is 112 Å². The van der Waals surface area contributed by atoms with Crippen LogP contribution in [0.2, 0.25) is 0 Å². The predicted molar refractivity (Wildman–Crippen MR) is 193 cm³/mol. The molecule has 0 radical (unpaired) electrons. The third-order valence-electron chi connectivity index (χ3n) is 9.59. The van der Waals surface area contributed by atoms with Crippen molar-refractivity contribution >= 4 is 35.6 Å². The molecule has 2 fully saturated rings. The van der Waals surface area contributed by atoms with Crippen molar-refractivity contribution in [2.24, 2.45) is 0 Å². The maximum Gasteiger partial charge on any atom is 0.317 e. The molecule has 0 atom stereocenters. The van der Waals surface area contributed by atoms with Crippen LogP contribution in [0.5, 0.6) is 5.75 Å². The zero-order valence-corrected chi connectivity index (χ0v) is 30.8. The van der Waals surface area contributed by atoms with Crippen molar-refractivity contribution in [3.63, 3.8) is 0 Å². The van der Waals surface area contributed by atoms with Crippen LogP contribution < -0.4 is 0 Å². The Morgan fingerprint density at radius 2 is 0.923 bits per heavy atom. The maximum absolute atomic E-state index is 13.1. The smallest absolute Gasteiger partial charge is 0.317 e. The van der Waals surface area contributed by atoms with Crippen LogP contribution in [0.4, 0.5) is 0 Å². The molecule has 0 spiro atoms. The Morgan fingerprint density at radius 1 is 0.558 bits per heavy atom. The molecule has 0 aliphatic carbocycles. The number of carboxylic acid groups (broad SMARTS) is 2. The molecule has 1 aromatic rings. The third kappa shape index (κ3) is 15.1. The first kappa shape index (κ1) is 42.1. The number of hydrogen-bond donors (Lipinski definition) is 3. The summed E-state index contributed by atoms with van der Waals surface area (Å²) in [5.41, 5.74) is 1.11. The summed E-state index contributed by atoms with van der Waals surface area (Å²) >= 11 is 0. The van der Waals surface area contributed by atoms with E-state index < -0.39 is 11.9 Å². The average Bonchev–Trinajstić information content (AvgIpc) is 3.13. The van der Waals surface area contributed by atoms with Crippen LogP contribution in [0.3, 0.4) is 0 Å². The number of aromatic hydroxyl groups is 1. The van der Waals surface area contributed by atoms with Gasteiger partial charge in [0.25, 0.3) is 0 Å². The Balaban J connectivity index is 1.38. The Hall–Kier alpha value is -4.28. The molecule has 2 saturated heterocycles. The number of carboxylic acids is 2. The zero-order valence-electron chi connectivity index (χ0n) is 30.8. The highest BCUT2D eigenvalue weighted by Gasteiger charge is 2.26. The summed E-state index contributed by atoms with van der Waals surface area (Å²) in [6.45, 7) is 6.90. The number of benzene rings is 1. The SMILES string of the molecule is CCCC(=O)N1CCN(C(=O)CCN(CCN(CCC(=O)N2CCN(C(=O)CCN(C)CCc3ccc(O)cc3)CC2)CC(=O)O)CC(=O)O)CC1. The molecule has 16 heteroatoms. The van der Waals surface area contributed by atoms with E-state index in [4.69, 9.17) is 0 Å². The first-order valence-corrected chi connectivity index (χ1v) is 18.3. The Labute approximate surface area is 306 Å². The Bertz CT molecular complexity index is 1330. The van der Waals surface area contributed by atoms with Crippen molar-refractivity contribution < 1.29 is 44.1 Å². The number of hydrogen-bond acceptors (Lipinski definition) is 10. The summed E-state index contributed by atoms with van der Waals surface area (Å²) < 4.78 is 0.